The van der Waals surface area contributed by atoms with Gasteiger partial charge >= 0.3 is 6.18 Å². The van der Waals surface area contributed by atoms with Crippen molar-refractivity contribution >= 4 is 29.9 Å². The smallest absolute Gasteiger partial charge is 0.370 e. The Morgan fingerprint density at radius 3 is 2.62 bits per heavy atom. The van der Waals surface area contributed by atoms with Crippen molar-refractivity contribution in [3.05, 3.63) is 35.4 Å². The molecule has 0 radical (unpaired) electrons. The third kappa shape index (κ3) is 5.72. The number of hydrogen-bond acceptors (Lipinski definition) is 1. The van der Waals surface area contributed by atoms with Gasteiger partial charge in [-0.25, -0.2) is 4.99 Å². The third-order valence-corrected chi connectivity index (χ3v) is 3.48. The van der Waals surface area contributed by atoms with E-state index in [-0.39, 0.29) is 36.5 Å². The van der Waals surface area contributed by atoms with Crippen molar-refractivity contribution in [1.82, 2.24) is 5.32 Å². The van der Waals surface area contributed by atoms with Crippen LogP contribution in [-0.2, 0) is 12.7 Å². The second-order valence-corrected chi connectivity index (χ2v) is 5.08. The summed E-state index contributed by atoms with van der Waals surface area (Å²) in [6, 6.07) is 5.14. The maximum atomic E-state index is 12.5. The van der Waals surface area contributed by atoms with Crippen LogP contribution in [0.2, 0.25) is 0 Å². The Morgan fingerprint density at radius 2 is 2.05 bits per heavy atom. The van der Waals surface area contributed by atoms with Gasteiger partial charge in [0.1, 0.15) is 0 Å². The first kappa shape index (κ1) is 18.1. The van der Waals surface area contributed by atoms with E-state index < -0.39 is 11.7 Å². The summed E-state index contributed by atoms with van der Waals surface area (Å²) in [6.45, 7) is 0.936. The molecule has 0 aliphatic heterocycles. The van der Waals surface area contributed by atoms with Gasteiger partial charge < -0.3 is 11.1 Å². The first-order chi connectivity index (χ1) is 9.45. The maximum Gasteiger partial charge on any atom is 0.416 e. The van der Waals surface area contributed by atoms with Crippen molar-refractivity contribution in [2.24, 2.45) is 16.6 Å². The number of guanidine groups is 1. The molecule has 1 fully saturated rings. The van der Waals surface area contributed by atoms with Crippen molar-refractivity contribution in [2.75, 3.05) is 6.54 Å². The minimum Gasteiger partial charge on any atom is -0.370 e. The van der Waals surface area contributed by atoms with Crippen LogP contribution in [0.5, 0.6) is 0 Å². The van der Waals surface area contributed by atoms with Gasteiger partial charge in [0.2, 0.25) is 0 Å². The fraction of sp³-hybridized carbons (Fsp3) is 0.500. The highest BCUT2D eigenvalue weighted by atomic mass is 127. The van der Waals surface area contributed by atoms with Crippen LogP contribution < -0.4 is 11.1 Å². The summed E-state index contributed by atoms with van der Waals surface area (Å²) in [7, 11) is 0. The number of nitrogens with one attached hydrogen (secondary N) is 1. The monoisotopic (exact) mass is 413 g/mol. The largest absolute Gasteiger partial charge is 0.416 e. The molecule has 118 valence electrons. The number of benzene rings is 1. The lowest BCUT2D eigenvalue weighted by molar-refractivity contribution is -0.137. The van der Waals surface area contributed by atoms with Crippen molar-refractivity contribution in [3.63, 3.8) is 0 Å². The quantitative estimate of drug-likeness (QED) is 0.451. The highest BCUT2D eigenvalue weighted by Gasteiger charge is 2.30. The van der Waals surface area contributed by atoms with Crippen LogP contribution in [0.25, 0.3) is 0 Å². The van der Waals surface area contributed by atoms with Crippen LogP contribution in [0.4, 0.5) is 13.2 Å². The van der Waals surface area contributed by atoms with Crippen LogP contribution in [0, 0.1) is 5.92 Å². The van der Waals surface area contributed by atoms with Gasteiger partial charge in [-0.2, -0.15) is 13.2 Å². The summed E-state index contributed by atoms with van der Waals surface area (Å²) in [6.07, 6.45) is -0.664. The number of halogens is 4. The third-order valence-electron chi connectivity index (χ3n) is 3.48. The van der Waals surface area contributed by atoms with E-state index in [1.165, 1.54) is 25.3 Å². The molecule has 1 saturated carbocycles. The Balaban J connectivity index is 0.00000220. The van der Waals surface area contributed by atoms with E-state index in [2.05, 4.69) is 10.3 Å². The lowest BCUT2D eigenvalue weighted by atomic mass is 9.85. The number of nitrogens with zero attached hydrogens (tertiary/aromatic N) is 1. The number of aliphatic imine (C=N–C) groups is 1. The van der Waals surface area contributed by atoms with E-state index in [4.69, 9.17) is 5.73 Å². The Morgan fingerprint density at radius 1 is 1.33 bits per heavy atom. The van der Waals surface area contributed by atoms with Crippen molar-refractivity contribution in [3.8, 4) is 0 Å². The second-order valence-electron chi connectivity index (χ2n) is 5.08. The Bertz CT molecular complexity index is 485. The van der Waals surface area contributed by atoms with Gasteiger partial charge in [0, 0.05) is 6.54 Å². The molecule has 0 saturated heterocycles. The average molecular weight is 413 g/mol. The summed E-state index contributed by atoms with van der Waals surface area (Å²) in [4.78, 5) is 4.06. The zero-order chi connectivity index (χ0) is 14.6. The van der Waals surface area contributed by atoms with Crippen LogP contribution in [0.3, 0.4) is 0 Å². The Kier molecular flexibility index (Phi) is 6.76. The van der Waals surface area contributed by atoms with E-state index in [1.807, 2.05) is 0 Å². The first-order valence-electron chi connectivity index (χ1n) is 6.65. The predicted molar refractivity (Wildman–Crippen MR) is 87.5 cm³/mol. The van der Waals surface area contributed by atoms with Gasteiger partial charge in [-0.1, -0.05) is 18.6 Å². The molecule has 0 atom stereocenters. The molecule has 0 heterocycles. The molecule has 3 nitrogen and oxygen atoms in total. The van der Waals surface area contributed by atoms with Crippen LogP contribution >= 0.6 is 24.0 Å². The normalized spacial score (nSPS) is 16.0. The summed E-state index contributed by atoms with van der Waals surface area (Å²) in [5.74, 6) is 0.937. The molecule has 21 heavy (non-hydrogen) atoms. The maximum absolute atomic E-state index is 12.5. The van der Waals surface area contributed by atoms with E-state index in [0.717, 1.165) is 18.7 Å². The van der Waals surface area contributed by atoms with Gasteiger partial charge in [0.15, 0.2) is 5.96 Å². The highest BCUT2D eigenvalue weighted by Crippen LogP contribution is 2.29. The Labute approximate surface area is 139 Å². The molecule has 0 bridgehead atoms. The molecule has 1 aliphatic rings. The molecule has 1 aromatic rings. The lowest BCUT2D eigenvalue weighted by Gasteiger charge is -2.25. The highest BCUT2D eigenvalue weighted by molar-refractivity contribution is 14.0. The molecule has 1 aromatic carbocycles. The molecule has 1 aliphatic carbocycles. The van der Waals surface area contributed by atoms with Crippen LogP contribution in [-0.4, -0.2) is 12.5 Å². The zero-order valence-electron chi connectivity index (χ0n) is 11.5. The Hall–Kier alpha value is -0.990. The van der Waals surface area contributed by atoms with Gasteiger partial charge in [-0.3, -0.25) is 0 Å². The molecular weight excluding hydrogens is 394 g/mol. The zero-order valence-corrected chi connectivity index (χ0v) is 13.8. The van der Waals surface area contributed by atoms with E-state index in [9.17, 15) is 13.2 Å². The molecule has 3 N–H and O–H groups in total. The van der Waals surface area contributed by atoms with Crippen molar-refractivity contribution < 1.29 is 13.2 Å². The number of rotatable bonds is 4. The molecule has 0 unspecified atom stereocenters. The molecular formula is C14H19F3IN3. The first-order valence-corrected chi connectivity index (χ1v) is 6.65. The van der Waals surface area contributed by atoms with Crippen LogP contribution in [0.1, 0.15) is 30.4 Å². The topological polar surface area (TPSA) is 50.4 Å². The summed E-state index contributed by atoms with van der Waals surface area (Å²) < 4.78 is 37.6. The molecule has 0 amide bonds. The molecule has 0 spiro atoms. The number of hydrogen-bond donors (Lipinski definition) is 2. The molecule has 0 aromatic heterocycles. The summed E-state index contributed by atoms with van der Waals surface area (Å²) in [5.41, 5.74) is 5.52. The SMILES string of the molecule is I.NC(=NCc1cccc(C(F)(F)F)c1)NCC1CCC1. The fourth-order valence-corrected chi connectivity index (χ4v) is 2.02. The minimum atomic E-state index is -4.33. The molecule has 7 heteroatoms. The average Bonchev–Trinajstić information content (AvgIpc) is 2.34. The van der Waals surface area contributed by atoms with Crippen molar-refractivity contribution in [2.45, 2.75) is 32.0 Å². The van der Waals surface area contributed by atoms with Crippen molar-refractivity contribution in [1.29, 1.82) is 0 Å². The minimum absolute atomic E-state index is 0. The summed E-state index contributed by atoms with van der Waals surface area (Å²) in [5, 5.41) is 3.01. The van der Waals surface area contributed by atoms with Gasteiger partial charge in [0.25, 0.3) is 0 Å². The lowest BCUT2D eigenvalue weighted by Crippen LogP contribution is -2.37. The molecule has 2 rings (SSSR count). The van der Waals surface area contributed by atoms with Gasteiger partial charge in [-0.05, 0) is 36.5 Å². The fourth-order valence-electron chi connectivity index (χ4n) is 2.02. The van der Waals surface area contributed by atoms with E-state index >= 15 is 0 Å². The number of alkyl halides is 3. The van der Waals surface area contributed by atoms with E-state index in [1.54, 1.807) is 6.07 Å². The predicted octanol–water partition coefficient (Wildman–Crippen LogP) is 3.53. The second kappa shape index (κ2) is 7.86. The van der Waals surface area contributed by atoms with Gasteiger partial charge in [0.05, 0.1) is 12.1 Å². The number of nitrogens with two attached hydrogens (primary N) is 1. The van der Waals surface area contributed by atoms with E-state index in [0.29, 0.717) is 11.5 Å². The summed E-state index contributed by atoms with van der Waals surface area (Å²) >= 11 is 0. The van der Waals surface area contributed by atoms with Crippen LogP contribution in [0.15, 0.2) is 29.3 Å². The standard InChI is InChI=1S/C14H18F3N3.HI/c15-14(16,17)12-6-2-5-11(7-12)9-20-13(18)19-8-10-3-1-4-10;/h2,5-7,10H,1,3-4,8-9H2,(H3,18,19,20);1H. The van der Waals surface area contributed by atoms with Gasteiger partial charge in [-0.15, -0.1) is 24.0 Å².